The zero-order chi connectivity index (χ0) is 15.0. The van der Waals surface area contributed by atoms with Gasteiger partial charge >= 0.3 is 0 Å². The fourth-order valence-corrected chi connectivity index (χ4v) is 1.61. The molecule has 0 aliphatic heterocycles. The van der Waals surface area contributed by atoms with E-state index in [0.717, 1.165) is 12.8 Å². The van der Waals surface area contributed by atoms with Gasteiger partial charge in [0.2, 0.25) is 11.8 Å². The number of carbonyl (C=O) groups is 2. The van der Waals surface area contributed by atoms with Gasteiger partial charge in [-0.3, -0.25) is 9.59 Å². The molecule has 5 heteroatoms. The van der Waals surface area contributed by atoms with Gasteiger partial charge in [-0.25, -0.2) is 0 Å². The molecule has 0 saturated heterocycles. The zero-order valence-electron chi connectivity index (χ0n) is 12.1. The smallest absolute Gasteiger partial charge is 0.226 e. The van der Waals surface area contributed by atoms with Crippen LogP contribution in [0, 0.1) is 5.92 Å². The Bertz CT molecular complexity index is 458. The van der Waals surface area contributed by atoms with E-state index < -0.39 is 0 Å². The molecule has 0 aliphatic carbocycles. The molecule has 4 N–H and O–H groups in total. The predicted octanol–water partition coefficient (Wildman–Crippen LogP) is 2.35. The van der Waals surface area contributed by atoms with Crippen LogP contribution in [-0.4, -0.2) is 18.4 Å². The van der Waals surface area contributed by atoms with Gasteiger partial charge in [-0.15, -0.1) is 0 Å². The van der Waals surface area contributed by atoms with Gasteiger partial charge < -0.3 is 16.4 Å². The summed E-state index contributed by atoms with van der Waals surface area (Å²) in [5.74, 6) is -0.160. The molecule has 0 aliphatic rings. The lowest BCUT2D eigenvalue weighted by Gasteiger charge is -2.10. The highest BCUT2D eigenvalue weighted by atomic mass is 16.2. The van der Waals surface area contributed by atoms with Crippen molar-refractivity contribution in [3.05, 3.63) is 24.3 Å². The number of nitrogens with two attached hydrogens (primary N) is 1. The van der Waals surface area contributed by atoms with E-state index in [1.165, 1.54) is 0 Å². The molecule has 2 amide bonds. The first-order valence-corrected chi connectivity index (χ1v) is 6.93. The van der Waals surface area contributed by atoms with Crippen LogP contribution in [0.2, 0.25) is 0 Å². The van der Waals surface area contributed by atoms with Crippen molar-refractivity contribution in [2.75, 3.05) is 17.2 Å². The lowest BCUT2D eigenvalue weighted by Crippen LogP contribution is -2.18. The maximum absolute atomic E-state index is 11.7. The van der Waals surface area contributed by atoms with Crippen molar-refractivity contribution in [1.82, 2.24) is 0 Å². The Morgan fingerprint density at radius 3 is 2.40 bits per heavy atom. The summed E-state index contributed by atoms with van der Waals surface area (Å²) in [6.07, 6.45) is 2.09. The van der Waals surface area contributed by atoms with Gasteiger partial charge in [0.1, 0.15) is 0 Å². The van der Waals surface area contributed by atoms with Crippen molar-refractivity contribution >= 4 is 23.2 Å². The number of benzene rings is 1. The number of nitrogens with one attached hydrogen (secondary N) is 2. The number of rotatable bonds is 7. The van der Waals surface area contributed by atoms with Gasteiger partial charge in [0, 0.05) is 23.7 Å². The third-order valence-corrected chi connectivity index (χ3v) is 2.80. The van der Waals surface area contributed by atoms with Crippen molar-refractivity contribution in [2.24, 2.45) is 11.7 Å². The van der Waals surface area contributed by atoms with Crippen LogP contribution >= 0.6 is 0 Å². The van der Waals surface area contributed by atoms with Gasteiger partial charge in [0.25, 0.3) is 0 Å². The number of anilines is 2. The molecule has 1 aromatic carbocycles. The zero-order valence-corrected chi connectivity index (χ0v) is 12.1. The molecule has 0 heterocycles. The second-order valence-electron chi connectivity index (χ2n) is 5.02. The van der Waals surface area contributed by atoms with Crippen LogP contribution in [0.1, 0.15) is 33.1 Å². The Morgan fingerprint density at radius 2 is 1.80 bits per heavy atom. The topological polar surface area (TPSA) is 84.2 Å². The van der Waals surface area contributed by atoms with Crippen LogP contribution in [0.4, 0.5) is 11.4 Å². The molecule has 0 unspecified atom stereocenters. The maximum Gasteiger partial charge on any atom is 0.226 e. The highest BCUT2D eigenvalue weighted by Crippen LogP contribution is 2.16. The summed E-state index contributed by atoms with van der Waals surface area (Å²) in [4.78, 5) is 23.3. The first-order valence-electron chi connectivity index (χ1n) is 6.93. The molecule has 110 valence electrons. The normalized spacial score (nSPS) is 10.4. The Balaban J connectivity index is 2.55. The molecule has 0 atom stereocenters. The van der Waals surface area contributed by atoms with E-state index in [2.05, 4.69) is 10.6 Å². The molecule has 0 saturated carbocycles. The van der Waals surface area contributed by atoms with Crippen molar-refractivity contribution in [3.63, 3.8) is 0 Å². The monoisotopic (exact) mass is 277 g/mol. The van der Waals surface area contributed by atoms with Gasteiger partial charge in [-0.2, -0.15) is 0 Å². The van der Waals surface area contributed by atoms with Crippen LogP contribution in [0.15, 0.2) is 24.3 Å². The van der Waals surface area contributed by atoms with E-state index in [1.807, 2.05) is 13.8 Å². The summed E-state index contributed by atoms with van der Waals surface area (Å²) in [7, 11) is 0. The second-order valence-corrected chi connectivity index (χ2v) is 5.02. The molecule has 1 rings (SSSR count). The average Bonchev–Trinajstić information content (AvgIpc) is 2.39. The van der Waals surface area contributed by atoms with Crippen LogP contribution in [0.3, 0.4) is 0 Å². The summed E-state index contributed by atoms with van der Waals surface area (Å²) in [5, 5.41) is 5.61. The molecular formula is C15H23N3O2. The summed E-state index contributed by atoms with van der Waals surface area (Å²) in [6.45, 7) is 4.26. The number of amides is 2. The minimum Gasteiger partial charge on any atom is -0.330 e. The van der Waals surface area contributed by atoms with E-state index in [0.29, 0.717) is 24.3 Å². The largest absolute Gasteiger partial charge is 0.330 e. The summed E-state index contributed by atoms with van der Waals surface area (Å²) in [5.41, 5.74) is 6.75. The van der Waals surface area contributed by atoms with Crippen molar-refractivity contribution in [3.8, 4) is 0 Å². The van der Waals surface area contributed by atoms with Crippen molar-refractivity contribution in [2.45, 2.75) is 33.1 Å². The second kappa shape index (κ2) is 8.32. The Hall–Kier alpha value is -1.88. The lowest BCUT2D eigenvalue weighted by atomic mass is 10.2. The number of unbranched alkanes of at least 4 members (excludes halogenated alkanes) is 1. The first-order chi connectivity index (χ1) is 9.52. The van der Waals surface area contributed by atoms with Crippen molar-refractivity contribution < 1.29 is 9.59 Å². The molecule has 0 radical (unpaired) electrons. The van der Waals surface area contributed by atoms with Crippen molar-refractivity contribution in [1.29, 1.82) is 0 Å². The van der Waals surface area contributed by atoms with Crippen LogP contribution in [0.5, 0.6) is 0 Å². The van der Waals surface area contributed by atoms with E-state index in [-0.39, 0.29) is 17.7 Å². The molecule has 20 heavy (non-hydrogen) atoms. The predicted molar refractivity (Wildman–Crippen MR) is 81.4 cm³/mol. The summed E-state index contributed by atoms with van der Waals surface area (Å²) < 4.78 is 0. The van der Waals surface area contributed by atoms with Gasteiger partial charge in [-0.05, 0) is 37.6 Å². The van der Waals surface area contributed by atoms with Crippen LogP contribution in [0.25, 0.3) is 0 Å². The van der Waals surface area contributed by atoms with E-state index in [4.69, 9.17) is 5.73 Å². The Kier molecular flexibility index (Phi) is 6.73. The van der Waals surface area contributed by atoms with E-state index in [1.54, 1.807) is 24.3 Å². The highest BCUT2D eigenvalue weighted by molar-refractivity contribution is 5.94. The molecule has 1 aromatic rings. The SMILES string of the molecule is CC(C)C(=O)Nc1cccc(NC(=O)CCCCN)c1. The third kappa shape index (κ3) is 5.84. The highest BCUT2D eigenvalue weighted by Gasteiger charge is 2.08. The molecule has 0 bridgehead atoms. The Labute approximate surface area is 119 Å². The first kappa shape index (κ1) is 16.2. The number of hydrogen-bond acceptors (Lipinski definition) is 3. The fraction of sp³-hybridized carbons (Fsp3) is 0.467. The molecule has 0 aromatic heterocycles. The van der Waals surface area contributed by atoms with E-state index in [9.17, 15) is 9.59 Å². The third-order valence-electron chi connectivity index (χ3n) is 2.80. The molecular weight excluding hydrogens is 254 g/mol. The molecule has 0 spiro atoms. The van der Waals surface area contributed by atoms with Gasteiger partial charge in [0.05, 0.1) is 0 Å². The average molecular weight is 277 g/mol. The number of carbonyl (C=O) groups excluding carboxylic acids is 2. The quantitative estimate of drug-likeness (QED) is 0.669. The summed E-state index contributed by atoms with van der Waals surface area (Å²) in [6, 6.07) is 7.14. The number of hydrogen-bond donors (Lipinski definition) is 3. The minimum atomic E-state index is -0.0792. The Morgan fingerprint density at radius 1 is 1.15 bits per heavy atom. The fourth-order valence-electron chi connectivity index (χ4n) is 1.61. The van der Waals surface area contributed by atoms with E-state index >= 15 is 0 Å². The lowest BCUT2D eigenvalue weighted by molar-refractivity contribution is -0.119. The molecule has 5 nitrogen and oxygen atoms in total. The standard InChI is InChI=1S/C15H23N3O2/c1-11(2)15(20)18-13-7-5-6-12(10-13)17-14(19)8-3-4-9-16/h5-7,10-11H,3-4,8-9,16H2,1-2H3,(H,17,19)(H,18,20). The minimum absolute atomic E-state index is 0.0363. The van der Waals surface area contributed by atoms with Gasteiger partial charge in [0.15, 0.2) is 0 Å². The van der Waals surface area contributed by atoms with Gasteiger partial charge in [-0.1, -0.05) is 19.9 Å². The van der Waals surface area contributed by atoms with Crippen LogP contribution in [-0.2, 0) is 9.59 Å². The molecule has 0 fully saturated rings. The van der Waals surface area contributed by atoms with Crippen LogP contribution < -0.4 is 16.4 Å². The maximum atomic E-state index is 11.7. The summed E-state index contributed by atoms with van der Waals surface area (Å²) >= 11 is 0.